The summed E-state index contributed by atoms with van der Waals surface area (Å²) in [6.45, 7) is 7.27. The van der Waals surface area contributed by atoms with Crippen LogP contribution in [-0.4, -0.2) is 50.5 Å². The summed E-state index contributed by atoms with van der Waals surface area (Å²) in [5.41, 5.74) is 3.32. The molecule has 1 saturated heterocycles. The van der Waals surface area contributed by atoms with Crippen LogP contribution in [0.5, 0.6) is 0 Å². The molecule has 0 spiro atoms. The van der Waals surface area contributed by atoms with Crippen molar-refractivity contribution in [2.24, 2.45) is 0 Å². The zero-order valence-electron chi connectivity index (χ0n) is 15.9. The Morgan fingerprint density at radius 3 is 2.56 bits per heavy atom. The highest BCUT2D eigenvalue weighted by molar-refractivity contribution is 8.00. The minimum Gasteiger partial charge on any atom is -0.478 e. The molecule has 2 heterocycles. The third-order valence-electron chi connectivity index (χ3n) is 5.13. The van der Waals surface area contributed by atoms with Crippen molar-refractivity contribution >= 4 is 23.6 Å². The van der Waals surface area contributed by atoms with Gasteiger partial charge in [-0.05, 0) is 45.2 Å². The van der Waals surface area contributed by atoms with Crippen LogP contribution in [-0.2, 0) is 4.79 Å². The van der Waals surface area contributed by atoms with Gasteiger partial charge in [-0.15, -0.1) is 11.8 Å². The van der Waals surface area contributed by atoms with Gasteiger partial charge in [0.1, 0.15) is 5.56 Å². The Bertz CT molecular complexity index is 854. The Labute approximate surface area is 163 Å². The van der Waals surface area contributed by atoms with Crippen LogP contribution in [0, 0.1) is 20.8 Å². The summed E-state index contributed by atoms with van der Waals surface area (Å²) in [5.74, 6) is -0.351. The van der Waals surface area contributed by atoms with Gasteiger partial charge >= 0.3 is 5.97 Å². The number of carboxylic acid groups (broad SMARTS) is 1. The first-order chi connectivity index (χ1) is 12.9. The van der Waals surface area contributed by atoms with Gasteiger partial charge in [0.05, 0.1) is 23.7 Å². The highest BCUT2D eigenvalue weighted by atomic mass is 32.2. The van der Waals surface area contributed by atoms with E-state index in [-0.39, 0.29) is 17.5 Å². The zero-order valence-corrected chi connectivity index (χ0v) is 16.8. The largest absolute Gasteiger partial charge is 0.478 e. The third-order valence-corrected chi connectivity index (χ3v) is 6.28. The molecular formula is C20H25N3O3S. The van der Waals surface area contributed by atoms with Gasteiger partial charge in [-0.1, -0.05) is 17.7 Å². The van der Waals surface area contributed by atoms with E-state index in [2.05, 4.69) is 37.1 Å². The van der Waals surface area contributed by atoms with Crippen molar-refractivity contribution in [2.45, 2.75) is 44.6 Å². The van der Waals surface area contributed by atoms with E-state index in [1.54, 1.807) is 23.4 Å². The molecule has 3 rings (SSSR count). The fourth-order valence-corrected chi connectivity index (χ4v) is 4.48. The van der Waals surface area contributed by atoms with Crippen LogP contribution in [0.25, 0.3) is 0 Å². The number of piperidine rings is 1. The highest BCUT2D eigenvalue weighted by Gasteiger charge is 2.26. The number of carboxylic acids is 1. The predicted octanol–water partition coefficient (Wildman–Crippen LogP) is 3.46. The maximum absolute atomic E-state index is 12.6. The molecule has 7 heteroatoms. The van der Waals surface area contributed by atoms with Gasteiger partial charge in [-0.3, -0.25) is 9.48 Å². The number of carbonyl (C=O) groups excluding carboxylic acids is 1. The van der Waals surface area contributed by atoms with Crippen LogP contribution in [0.4, 0.5) is 0 Å². The number of rotatable bonds is 5. The van der Waals surface area contributed by atoms with E-state index in [0.29, 0.717) is 24.5 Å². The van der Waals surface area contributed by atoms with Gasteiger partial charge in [0.25, 0.3) is 0 Å². The molecule has 0 radical (unpaired) electrons. The van der Waals surface area contributed by atoms with Crippen molar-refractivity contribution in [1.29, 1.82) is 0 Å². The van der Waals surface area contributed by atoms with Crippen LogP contribution < -0.4 is 0 Å². The lowest BCUT2D eigenvalue weighted by molar-refractivity contribution is -0.129. The predicted molar refractivity (Wildman–Crippen MR) is 105 cm³/mol. The molecule has 0 saturated carbocycles. The molecular weight excluding hydrogens is 362 g/mol. The summed E-state index contributed by atoms with van der Waals surface area (Å²) < 4.78 is 1.80. The number of nitrogens with zero attached hydrogens (tertiary/aromatic N) is 3. The molecule has 6 nitrogen and oxygen atoms in total. The minimum atomic E-state index is -0.949. The van der Waals surface area contributed by atoms with E-state index < -0.39 is 5.97 Å². The maximum Gasteiger partial charge on any atom is 0.339 e. The average molecular weight is 388 g/mol. The molecule has 1 amide bonds. The fraction of sp³-hybridized carbons (Fsp3) is 0.450. The lowest BCUT2D eigenvalue weighted by Gasteiger charge is -2.32. The number of aromatic carboxylic acids is 1. The van der Waals surface area contributed by atoms with E-state index >= 15 is 0 Å². The van der Waals surface area contributed by atoms with Gasteiger partial charge in [0.15, 0.2) is 0 Å². The number of aryl methyl sites for hydroxylation is 2. The second kappa shape index (κ2) is 8.17. The number of likely N-dealkylation sites (tertiary alicyclic amines) is 1. The Kier molecular flexibility index (Phi) is 5.89. The molecule has 1 aliphatic rings. The van der Waals surface area contributed by atoms with Crippen LogP contribution in [0.2, 0.25) is 0 Å². The molecule has 0 unspecified atom stereocenters. The number of carbonyl (C=O) groups is 2. The summed E-state index contributed by atoms with van der Waals surface area (Å²) in [6.07, 6.45) is 3.00. The van der Waals surface area contributed by atoms with E-state index in [1.807, 2.05) is 4.90 Å². The van der Waals surface area contributed by atoms with Crippen LogP contribution in [0.3, 0.4) is 0 Å². The normalized spacial score (nSPS) is 15.1. The number of thioether (sulfide) groups is 1. The van der Waals surface area contributed by atoms with Gasteiger partial charge in [0.2, 0.25) is 5.91 Å². The summed E-state index contributed by atoms with van der Waals surface area (Å²) >= 11 is 1.60. The highest BCUT2D eigenvalue weighted by Crippen LogP contribution is 2.27. The summed E-state index contributed by atoms with van der Waals surface area (Å²) in [5, 5.41) is 13.4. The summed E-state index contributed by atoms with van der Waals surface area (Å²) in [7, 11) is 0. The molecule has 144 valence electrons. The smallest absolute Gasteiger partial charge is 0.339 e. The Hall–Kier alpha value is -2.28. The average Bonchev–Trinajstić information content (AvgIpc) is 3.04. The van der Waals surface area contributed by atoms with Crippen LogP contribution in [0.1, 0.15) is 46.1 Å². The number of amides is 1. The molecule has 1 N–H and O–H groups in total. The maximum atomic E-state index is 12.6. The molecule has 1 fully saturated rings. The standard InChI is InChI=1S/C20H25N3O3S/c1-13-4-5-14(2)18(10-13)27-12-19(24)22-8-6-16(7-9-22)23-15(3)17(11-21-23)20(25)26/h4-5,10-11,16H,6-9,12H2,1-3H3,(H,25,26). The third kappa shape index (κ3) is 4.35. The van der Waals surface area contributed by atoms with E-state index in [9.17, 15) is 14.7 Å². The molecule has 0 aliphatic carbocycles. The summed E-state index contributed by atoms with van der Waals surface area (Å²) in [6, 6.07) is 6.44. The summed E-state index contributed by atoms with van der Waals surface area (Å²) in [4.78, 5) is 26.8. The number of hydrogen-bond acceptors (Lipinski definition) is 4. The molecule has 1 aliphatic heterocycles. The van der Waals surface area contributed by atoms with Gasteiger partial charge in [-0.2, -0.15) is 5.10 Å². The van der Waals surface area contributed by atoms with Crippen molar-refractivity contribution in [3.63, 3.8) is 0 Å². The Morgan fingerprint density at radius 2 is 1.93 bits per heavy atom. The SMILES string of the molecule is Cc1ccc(C)c(SCC(=O)N2CCC(n3ncc(C(=O)O)c3C)CC2)c1. The van der Waals surface area contributed by atoms with Crippen molar-refractivity contribution in [1.82, 2.24) is 14.7 Å². The van der Waals surface area contributed by atoms with Gasteiger partial charge in [-0.25, -0.2) is 4.79 Å². The fourth-order valence-electron chi connectivity index (χ4n) is 3.45. The van der Waals surface area contributed by atoms with E-state index in [1.165, 1.54) is 17.3 Å². The Morgan fingerprint density at radius 1 is 1.22 bits per heavy atom. The first-order valence-corrected chi connectivity index (χ1v) is 10.1. The quantitative estimate of drug-likeness (QED) is 0.795. The molecule has 1 aromatic heterocycles. The van der Waals surface area contributed by atoms with E-state index in [0.717, 1.165) is 17.7 Å². The number of hydrogen-bond donors (Lipinski definition) is 1. The lowest BCUT2D eigenvalue weighted by Crippen LogP contribution is -2.40. The molecule has 27 heavy (non-hydrogen) atoms. The van der Waals surface area contributed by atoms with Crippen molar-refractivity contribution < 1.29 is 14.7 Å². The Balaban J connectivity index is 1.55. The molecule has 0 atom stereocenters. The van der Waals surface area contributed by atoms with Crippen LogP contribution in [0.15, 0.2) is 29.3 Å². The van der Waals surface area contributed by atoms with Crippen molar-refractivity contribution in [3.05, 3.63) is 46.8 Å². The monoisotopic (exact) mass is 387 g/mol. The number of aromatic nitrogens is 2. The minimum absolute atomic E-state index is 0.147. The first kappa shape index (κ1) is 19.5. The molecule has 0 bridgehead atoms. The van der Waals surface area contributed by atoms with Gasteiger partial charge in [0, 0.05) is 18.0 Å². The lowest BCUT2D eigenvalue weighted by atomic mass is 10.0. The van der Waals surface area contributed by atoms with Crippen molar-refractivity contribution in [3.8, 4) is 0 Å². The van der Waals surface area contributed by atoms with E-state index in [4.69, 9.17) is 0 Å². The topological polar surface area (TPSA) is 75.4 Å². The molecule has 1 aromatic carbocycles. The van der Waals surface area contributed by atoms with Crippen LogP contribution >= 0.6 is 11.8 Å². The second-order valence-electron chi connectivity index (χ2n) is 7.06. The zero-order chi connectivity index (χ0) is 19.6. The second-order valence-corrected chi connectivity index (χ2v) is 8.08. The molecule has 2 aromatic rings. The van der Waals surface area contributed by atoms with Crippen molar-refractivity contribution in [2.75, 3.05) is 18.8 Å². The van der Waals surface area contributed by atoms with Gasteiger partial charge < -0.3 is 10.0 Å². The first-order valence-electron chi connectivity index (χ1n) is 9.12. The number of benzene rings is 1.